The van der Waals surface area contributed by atoms with Crippen LogP contribution in [-0.4, -0.2) is 28.5 Å². The number of carbonyl (C=O) groups excluding carboxylic acids is 1. The van der Waals surface area contributed by atoms with Crippen molar-refractivity contribution in [3.8, 4) is 0 Å². The Bertz CT molecular complexity index is 768. The fourth-order valence-electron chi connectivity index (χ4n) is 4.57. The molecular weight excluding hydrogens is 344 g/mol. The van der Waals surface area contributed by atoms with E-state index in [1.54, 1.807) is 0 Å². The summed E-state index contributed by atoms with van der Waals surface area (Å²) < 4.78 is 2.24. The van der Waals surface area contributed by atoms with Crippen molar-refractivity contribution < 1.29 is 4.79 Å². The van der Waals surface area contributed by atoms with Crippen molar-refractivity contribution in [2.24, 2.45) is 7.05 Å². The lowest BCUT2D eigenvalue weighted by atomic mass is 9.89. The number of carbonyl (C=O) groups is 1. The van der Waals surface area contributed by atoms with Crippen LogP contribution >= 0.6 is 0 Å². The van der Waals surface area contributed by atoms with Crippen molar-refractivity contribution in [3.05, 3.63) is 48.7 Å². The van der Waals surface area contributed by atoms with Gasteiger partial charge in [0.2, 0.25) is 5.91 Å². The first-order chi connectivity index (χ1) is 13.7. The summed E-state index contributed by atoms with van der Waals surface area (Å²) in [7, 11) is 2.13. The van der Waals surface area contributed by atoms with Crippen molar-refractivity contribution >= 4 is 16.8 Å². The molecule has 2 aromatic rings. The second kappa shape index (κ2) is 10.5. The van der Waals surface area contributed by atoms with Gasteiger partial charge in [0.25, 0.3) is 0 Å². The number of fused-ring (bicyclic) bond motifs is 1. The molecule has 0 radical (unpaired) electrons. The SMILES string of the molecule is C=CCCCCCCCCC(=O)N1CCC(c2cn(C)c3ccccc23)CC1. The lowest BCUT2D eigenvalue weighted by molar-refractivity contribution is -0.132. The summed E-state index contributed by atoms with van der Waals surface area (Å²) in [5.41, 5.74) is 2.77. The molecule has 152 valence electrons. The van der Waals surface area contributed by atoms with Gasteiger partial charge in [-0.1, -0.05) is 50.0 Å². The fourth-order valence-corrected chi connectivity index (χ4v) is 4.57. The predicted octanol–water partition coefficient (Wildman–Crippen LogP) is 6.19. The number of piperidine rings is 1. The Kier molecular flexibility index (Phi) is 7.76. The smallest absolute Gasteiger partial charge is 0.222 e. The molecule has 0 spiro atoms. The fraction of sp³-hybridized carbons (Fsp3) is 0.560. The second-order valence-electron chi connectivity index (χ2n) is 8.32. The van der Waals surface area contributed by atoms with Crippen LogP contribution in [0.4, 0.5) is 0 Å². The van der Waals surface area contributed by atoms with Crippen LogP contribution < -0.4 is 0 Å². The number of rotatable bonds is 10. The van der Waals surface area contributed by atoms with E-state index in [9.17, 15) is 4.79 Å². The molecule has 0 N–H and O–H groups in total. The number of amides is 1. The van der Waals surface area contributed by atoms with E-state index in [0.29, 0.717) is 11.8 Å². The highest BCUT2D eigenvalue weighted by atomic mass is 16.2. The molecule has 1 aromatic heterocycles. The number of unbranched alkanes of at least 4 members (excludes halogenated alkanes) is 6. The van der Waals surface area contributed by atoms with Gasteiger partial charge in [0.05, 0.1) is 0 Å². The Morgan fingerprint density at radius 2 is 1.75 bits per heavy atom. The number of nitrogens with zero attached hydrogens (tertiary/aromatic N) is 2. The molecule has 0 bridgehead atoms. The molecule has 0 unspecified atom stereocenters. The van der Waals surface area contributed by atoms with Crippen molar-refractivity contribution in [3.63, 3.8) is 0 Å². The van der Waals surface area contributed by atoms with E-state index in [4.69, 9.17) is 0 Å². The first-order valence-electron chi connectivity index (χ1n) is 11.1. The molecule has 1 aliphatic rings. The van der Waals surface area contributed by atoms with E-state index in [1.807, 2.05) is 6.08 Å². The Labute approximate surface area is 170 Å². The molecule has 1 amide bonds. The third kappa shape index (κ3) is 5.27. The van der Waals surface area contributed by atoms with Gasteiger partial charge in [-0.3, -0.25) is 4.79 Å². The normalized spacial score (nSPS) is 15.2. The van der Waals surface area contributed by atoms with E-state index in [2.05, 4.69) is 53.6 Å². The zero-order valence-electron chi connectivity index (χ0n) is 17.5. The Balaban J connectivity index is 1.39. The summed E-state index contributed by atoms with van der Waals surface area (Å²) >= 11 is 0. The molecule has 28 heavy (non-hydrogen) atoms. The Morgan fingerprint density at radius 3 is 2.50 bits per heavy atom. The van der Waals surface area contributed by atoms with Crippen molar-refractivity contribution in [2.75, 3.05) is 13.1 Å². The van der Waals surface area contributed by atoms with E-state index in [0.717, 1.165) is 45.2 Å². The van der Waals surface area contributed by atoms with Crippen molar-refractivity contribution in [2.45, 2.75) is 70.1 Å². The minimum Gasteiger partial charge on any atom is -0.350 e. The zero-order chi connectivity index (χ0) is 19.8. The van der Waals surface area contributed by atoms with Crippen LogP contribution in [0.15, 0.2) is 43.1 Å². The summed E-state index contributed by atoms with van der Waals surface area (Å²) in [6.07, 6.45) is 15.7. The molecule has 1 fully saturated rings. The molecule has 3 rings (SSSR count). The number of likely N-dealkylation sites (tertiary alicyclic amines) is 1. The molecule has 1 saturated heterocycles. The van der Waals surface area contributed by atoms with Crippen molar-refractivity contribution in [1.29, 1.82) is 0 Å². The lowest BCUT2D eigenvalue weighted by Crippen LogP contribution is -2.37. The third-order valence-corrected chi connectivity index (χ3v) is 6.26. The average Bonchev–Trinajstić information content (AvgIpc) is 3.07. The zero-order valence-corrected chi connectivity index (χ0v) is 17.5. The van der Waals surface area contributed by atoms with Gasteiger partial charge in [0, 0.05) is 43.7 Å². The minimum absolute atomic E-state index is 0.364. The summed E-state index contributed by atoms with van der Waals surface area (Å²) in [5.74, 6) is 0.939. The topological polar surface area (TPSA) is 25.2 Å². The summed E-state index contributed by atoms with van der Waals surface area (Å²) in [5, 5.41) is 1.38. The van der Waals surface area contributed by atoms with E-state index in [-0.39, 0.29) is 0 Å². The molecule has 0 saturated carbocycles. The second-order valence-corrected chi connectivity index (χ2v) is 8.32. The van der Waals surface area contributed by atoms with Crippen LogP contribution in [-0.2, 0) is 11.8 Å². The van der Waals surface area contributed by atoms with Crippen molar-refractivity contribution in [1.82, 2.24) is 9.47 Å². The van der Waals surface area contributed by atoms with Crippen LogP contribution in [0.25, 0.3) is 10.9 Å². The summed E-state index contributed by atoms with van der Waals surface area (Å²) in [6.45, 7) is 5.59. The number of hydrogen-bond donors (Lipinski definition) is 0. The number of aromatic nitrogens is 1. The highest BCUT2D eigenvalue weighted by molar-refractivity contribution is 5.84. The number of para-hydroxylation sites is 1. The monoisotopic (exact) mass is 380 g/mol. The maximum Gasteiger partial charge on any atom is 0.222 e. The van der Waals surface area contributed by atoms with Gasteiger partial charge in [-0.25, -0.2) is 0 Å². The average molecular weight is 381 g/mol. The van der Waals surface area contributed by atoms with Crippen LogP contribution in [0.1, 0.15) is 75.7 Å². The largest absolute Gasteiger partial charge is 0.350 e. The van der Waals surface area contributed by atoms with Crippen LogP contribution in [0.5, 0.6) is 0 Å². The van der Waals surface area contributed by atoms with Gasteiger partial charge in [-0.05, 0) is 49.7 Å². The number of hydrogen-bond acceptors (Lipinski definition) is 1. The van der Waals surface area contributed by atoms with Gasteiger partial charge in [0.15, 0.2) is 0 Å². The maximum absolute atomic E-state index is 12.5. The van der Waals surface area contributed by atoms with Crippen LogP contribution in [0, 0.1) is 0 Å². The predicted molar refractivity (Wildman–Crippen MR) is 119 cm³/mol. The quantitative estimate of drug-likeness (QED) is 0.356. The third-order valence-electron chi connectivity index (χ3n) is 6.26. The Morgan fingerprint density at radius 1 is 1.07 bits per heavy atom. The first kappa shape index (κ1) is 20.7. The molecule has 3 nitrogen and oxygen atoms in total. The standard InChI is InChI=1S/C25H36N2O/c1-3-4-5-6-7-8-9-10-15-25(28)27-18-16-21(17-19-27)23-20-26(2)24-14-12-11-13-22(23)24/h3,11-14,20-21H,1,4-10,15-19H2,2H3. The minimum atomic E-state index is 0.364. The molecule has 1 aliphatic heterocycles. The molecule has 0 aliphatic carbocycles. The van der Waals surface area contributed by atoms with Crippen LogP contribution in [0.3, 0.4) is 0 Å². The van der Waals surface area contributed by atoms with Gasteiger partial charge in [-0.15, -0.1) is 6.58 Å². The van der Waals surface area contributed by atoms with E-state index < -0.39 is 0 Å². The molecular formula is C25H36N2O. The summed E-state index contributed by atoms with van der Waals surface area (Å²) in [6, 6.07) is 8.66. The Hall–Kier alpha value is -2.03. The highest BCUT2D eigenvalue weighted by Crippen LogP contribution is 2.34. The number of aryl methyl sites for hydroxylation is 1. The molecule has 3 heteroatoms. The van der Waals surface area contributed by atoms with E-state index in [1.165, 1.54) is 48.6 Å². The molecule has 1 aromatic carbocycles. The van der Waals surface area contributed by atoms with Gasteiger partial charge < -0.3 is 9.47 Å². The first-order valence-corrected chi connectivity index (χ1v) is 11.1. The summed E-state index contributed by atoms with van der Waals surface area (Å²) in [4.78, 5) is 14.6. The molecule has 0 atom stereocenters. The van der Waals surface area contributed by atoms with Gasteiger partial charge in [-0.2, -0.15) is 0 Å². The maximum atomic E-state index is 12.5. The number of allylic oxidation sites excluding steroid dienone is 1. The number of benzene rings is 1. The van der Waals surface area contributed by atoms with Gasteiger partial charge >= 0.3 is 0 Å². The van der Waals surface area contributed by atoms with Crippen LogP contribution in [0.2, 0.25) is 0 Å². The van der Waals surface area contributed by atoms with E-state index >= 15 is 0 Å². The highest BCUT2D eigenvalue weighted by Gasteiger charge is 2.25. The lowest BCUT2D eigenvalue weighted by Gasteiger charge is -2.32. The van der Waals surface area contributed by atoms with Gasteiger partial charge in [0.1, 0.15) is 0 Å². The molecule has 2 heterocycles.